The monoisotopic (exact) mass is 412 g/mol. The van der Waals surface area contributed by atoms with Crippen LogP contribution in [0.3, 0.4) is 0 Å². The summed E-state index contributed by atoms with van der Waals surface area (Å²) in [6, 6.07) is 7.69. The Balaban J connectivity index is 2.18. The number of fused-ring (bicyclic) bond motifs is 1. The van der Waals surface area contributed by atoms with Crippen molar-refractivity contribution >= 4 is 29.2 Å². The molecule has 0 heterocycles. The largest absolute Gasteiger partial charge is 0.493 e. The first-order valence-electron chi connectivity index (χ1n) is 9.13. The summed E-state index contributed by atoms with van der Waals surface area (Å²) in [6.45, 7) is 3.09. The summed E-state index contributed by atoms with van der Waals surface area (Å²) in [7, 11) is 2.89. The molecular weight excluding hydrogens is 391 g/mol. The maximum atomic E-state index is 13.8. The minimum absolute atomic E-state index is 0.169. The van der Waals surface area contributed by atoms with Crippen LogP contribution in [-0.4, -0.2) is 31.3 Å². The summed E-state index contributed by atoms with van der Waals surface area (Å²) >= 11 is 0. The minimum Gasteiger partial charge on any atom is -0.493 e. The van der Waals surface area contributed by atoms with E-state index in [-0.39, 0.29) is 12.2 Å². The highest BCUT2D eigenvalue weighted by Crippen LogP contribution is 2.45. The average molecular weight is 412 g/mol. The normalized spacial score (nSPS) is 14.0. The van der Waals surface area contributed by atoms with Gasteiger partial charge in [0.05, 0.1) is 20.6 Å². The van der Waals surface area contributed by atoms with Gasteiger partial charge < -0.3 is 19.3 Å². The molecule has 2 aromatic rings. The Kier molecular flexibility index (Phi) is 5.91. The van der Waals surface area contributed by atoms with Crippen molar-refractivity contribution in [3.8, 4) is 17.2 Å². The molecule has 0 fully saturated rings. The van der Waals surface area contributed by atoms with Crippen LogP contribution in [-0.2, 0) is 9.59 Å². The summed E-state index contributed by atoms with van der Waals surface area (Å²) in [5.74, 6) is -1.15. The van der Waals surface area contributed by atoms with Crippen molar-refractivity contribution in [1.82, 2.24) is 0 Å². The number of rotatable bonds is 6. The van der Waals surface area contributed by atoms with Gasteiger partial charge in [-0.1, -0.05) is 6.07 Å². The zero-order valence-electron chi connectivity index (χ0n) is 17.0. The van der Waals surface area contributed by atoms with Crippen LogP contribution in [0.4, 0.5) is 4.39 Å². The molecule has 0 bridgehead atoms. The maximum absolute atomic E-state index is 13.8. The van der Waals surface area contributed by atoms with Crippen molar-refractivity contribution in [2.24, 2.45) is 0 Å². The molecule has 156 valence electrons. The Bertz CT molecular complexity index is 1070. The molecule has 0 radical (unpaired) electrons. The number of carboxylic acids is 1. The van der Waals surface area contributed by atoms with Gasteiger partial charge in [-0.2, -0.15) is 0 Å². The number of carboxylic acid groups (broad SMARTS) is 1. The molecule has 7 heteroatoms. The molecule has 0 unspecified atom stereocenters. The van der Waals surface area contributed by atoms with Crippen molar-refractivity contribution in [3.05, 3.63) is 58.4 Å². The van der Waals surface area contributed by atoms with Crippen molar-refractivity contribution in [2.75, 3.05) is 14.2 Å². The van der Waals surface area contributed by atoms with Gasteiger partial charge in [-0.3, -0.25) is 9.59 Å². The summed E-state index contributed by atoms with van der Waals surface area (Å²) in [5, 5.41) is 9.28. The molecule has 0 atom stereocenters. The second kappa shape index (κ2) is 8.41. The van der Waals surface area contributed by atoms with Crippen LogP contribution in [0.2, 0.25) is 0 Å². The lowest BCUT2D eigenvalue weighted by atomic mass is 10.00. The Morgan fingerprint density at radius 3 is 2.23 bits per heavy atom. The molecule has 30 heavy (non-hydrogen) atoms. The van der Waals surface area contributed by atoms with Gasteiger partial charge in [-0.15, -0.1) is 0 Å². The van der Waals surface area contributed by atoms with E-state index in [1.807, 2.05) is 13.0 Å². The van der Waals surface area contributed by atoms with E-state index in [1.54, 1.807) is 18.2 Å². The fourth-order valence-corrected chi connectivity index (χ4v) is 3.53. The van der Waals surface area contributed by atoms with Gasteiger partial charge in [0.1, 0.15) is 5.82 Å². The third-order valence-corrected chi connectivity index (χ3v) is 4.82. The number of carbonyl (C=O) groups is 2. The lowest BCUT2D eigenvalue weighted by Crippen LogP contribution is -2.05. The maximum Gasteiger partial charge on any atom is 0.308 e. The smallest absolute Gasteiger partial charge is 0.308 e. The SMILES string of the molecule is COc1cc(C=C2C(C)=C(CC(=O)O)c3cc(F)ccc32)cc(OC)c1OC(C)=O. The third-order valence-electron chi connectivity index (χ3n) is 4.82. The second-order valence-corrected chi connectivity index (χ2v) is 6.77. The fourth-order valence-electron chi connectivity index (χ4n) is 3.53. The molecular formula is C23H21FO6. The van der Waals surface area contributed by atoms with Crippen LogP contribution < -0.4 is 14.2 Å². The number of aliphatic carboxylic acids is 1. The van der Waals surface area contributed by atoms with Crippen molar-refractivity contribution in [1.29, 1.82) is 0 Å². The number of hydrogen-bond donors (Lipinski definition) is 1. The number of esters is 1. The van der Waals surface area contributed by atoms with Crippen LogP contribution in [0.25, 0.3) is 17.2 Å². The summed E-state index contributed by atoms with van der Waals surface area (Å²) in [5.41, 5.74) is 4.08. The number of carbonyl (C=O) groups excluding carboxylic acids is 1. The van der Waals surface area contributed by atoms with Crippen LogP contribution in [0.15, 0.2) is 35.9 Å². The van der Waals surface area contributed by atoms with E-state index < -0.39 is 17.8 Å². The number of ether oxygens (including phenoxy) is 3. The molecule has 2 aromatic carbocycles. The van der Waals surface area contributed by atoms with Gasteiger partial charge in [-0.05, 0) is 70.7 Å². The first-order chi connectivity index (χ1) is 14.2. The van der Waals surface area contributed by atoms with Crippen molar-refractivity contribution < 1.29 is 33.3 Å². The molecule has 0 aliphatic heterocycles. The van der Waals surface area contributed by atoms with Gasteiger partial charge in [0.25, 0.3) is 0 Å². The molecule has 1 aliphatic rings. The quantitative estimate of drug-likeness (QED) is 0.553. The average Bonchev–Trinajstić information content (AvgIpc) is 2.93. The molecule has 3 rings (SSSR count). The van der Waals surface area contributed by atoms with Gasteiger partial charge >= 0.3 is 11.9 Å². The highest BCUT2D eigenvalue weighted by molar-refractivity contribution is 6.07. The predicted octanol–water partition coefficient (Wildman–Crippen LogP) is 4.57. The standard InChI is InChI=1S/C23H21FO6/c1-12-17(16-6-5-15(24)10-19(16)18(12)11-22(26)27)7-14-8-20(28-3)23(30-13(2)25)21(9-14)29-4/h5-10H,11H2,1-4H3,(H,26,27). The molecule has 0 spiro atoms. The van der Waals surface area contributed by atoms with E-state index in [1.165, 1.54) is 33.3 Å². The molecule has 0 aromatic heterocycles. The molecule has 1 aliphatic carbocycles. The molecule has 0 saturated carbocycles. The topological polar surface area (TPSA) is 82.1 Å². The minimum atomic E-state index is -0.991. The van der Waals surface area contributed by atoms with E-state index in [0.29, 0.717) is 28.2 Å². The van der Waals surface area contributed by atoms with E-state index in [4.69, 9.17) is 14.2 Å². The number of hydrogen-bond acceptors (Lipinski definition) is 5. The zero-order valence-corrected chi connectivity index (χ0v) is 17.0. The second-order valence-electron chi connectivity index (χ2n) is 6.77. The van der Waals surface area contributed by atoms with E-state index >= 15 is 0 Å². The van der Waals surface area contributed by atoms with Gasteiger partial charge in [0, 0.05) is 6.92 Å². The van der Waals surface area contributed by atoms with E-state index in [9.17, 15) is 19.1 Å². The van der Waals surface area contributed by atoms with Crippen molar-refractivity contribution in [3.63, 3.8) is 0 Å². The highest BCUT2D eigenvalue weighted by Gasteiger charge is 2.26. The molecule has 1 N–H and O–H groups in total. The van der Waals surface area contributed by atoms with Gasteiger partial charge in [0.2, 0.25) is 5.75 Å². The van der Waals surface area contributed by atoms with Crippen molar-refractivity contribution in [2.45, 2.75) is 20.3 Å². The van der Waals surface area contributed by atoms with Crippen LogP contribution in [0.5, 0.6) is 17.2 Å². The first kappa shape index (κ1) is 21.1. The Labute approximate surface area is 173 Å². The van der Waals surface area contributed by atoms with E-state index in [0.717, 1.165) is 16.7 Å². The molecule has 6 nitrogen and oxygen atoms in total. The first-order valence-corrected chi connectivity index (χ1v) is 9.13. The van der Waals surface area contributed by atoms with Crippen LogP contribution in [0.1, 0.15) is 37.0 Å². The summed E-state index contributed by atoms with van der Waals surface area (Å²) in [4.78, 5) is 22.7. The van der Waals surface area contributed by atoms with Gasteiger partial charge in [0.15, 0.2) is 11.5 Å². The Morgan fingerprint density at radius 2 is 1.70 bits per heavy atom. The lowest BCUT2D eigenvalue weighted by molar-refractivity contribution is -0.136. The molecule has 0 saturated heterocycles. The number of halogens is 1. The summed E-state index contributed by atoms with van der Waals surface area (Å²) < 4.78 is 29.8. The van der Waals surface area contributed by atoms with E-state index in [2.05, 4.69) is 0 Å². The Hall–Kier alpha value is -3.61. The summed E-state index contributed by atoms with van der Waals surface area (Å²) in [6.07, 6.45) is 1.63. The molecule has 0 amide bonds. The highest BCUT2D eigenvalue weighted by atomic mass is 19.1. The van der Waals surface area contributed by atoms with Crippen LogP contribution in [0, 0.1) is 5.82 Å². The van der Waals surface area contributed by atoms with Crippen LogP contribution >= 0.6 is 0 Å². The Morgan fingerprint density at radius 1 is 1.07 bits per heavy atom. The third kappa shape index (κ3) is 4.05. The number of allylic oxidation sites excluding steroid dienone is 2. The van der Waals surface area contributed by atoms with Gasteiger partial charge in [-0.25, -0.2) is 4.39 Å². The lowest BCUT2D eigenvalue weighted by Gasteiger charge is -2.14. The zero-order chi connectivity index (χ0) is 22.0. The number of methoxy groups -OCH3 is 2. The predicted molar refractivity (Wildman–Crippen MR) is 110 cm³/mol. The number of benzene rings is 2. The fraction of sp³-hybridized carbons (Fsp3) is 0.217.